The second-order valence-electron chi connectivity index (χ2n) is 7.55. The van der Waals surface area contributed by atoms with Gasteiger partial charge in [-0.3, -0.25) is 9.59 Å². The molecule has 4 rings (SSSR count). The van der Waals surface area contributed by atoms with E-state index in [2.05, 4.69) is 5.32 Å². The van der Waals surface area contributed by atoms with Crippen LogP contribution in [0.1, 0.15) is 12.0 Å². The van der Waals surface area contributed by atoms with Crippen LogP contribution in [0.5, 0.6) is 5.75 Å². The summed E-state index contributed by atoms with van der Waals surface area (Å²) in [4.78, 5) is 41.6. The number of carbonyl (C=O) groups excluding carboxylic acids is 3. The molecule has 4 amide bonds. The highest BCUT2D eigenvalue weighted by Gasteiger charge is 2.46. The average Bonchev–Trinajstić information content (AvgIpc) is 3.04. The van der Waals surface area contributed by atoms with E-state index in [1.807, 2.05) is 0 Å². The summed E-state index contributed by atoms with van der Waals surface area (Å²) >= 11 is 0. The number of benzene rings is 3. The van der Waals surface area contributed by atoms with E-state index in [1.54, 1.807) is 67.8 Å². The number of para-hydroxylation sites is 1. The fraction of sp³-hybridized carbons (Fsp3) is 0.160. The molecule has 1 aliphatic rings. The van der Waals surface area contributed by atoms with Gasteiger partial charge in [0.05, 0.1) is 19.2 Å². The highest BCUT2D eigenvalue weighted by molar-refractivity contribution is 6.22. The minimum Gasteiger partial charge on any atom is -0.497 e. The lowest BCUT2D eigenvalue weighted by Crippen LogP contribution is -2.37. The predicted molar refractivity (Wildman–Crippen MR) is 121 cm³/mol. The van der Waals surface area contributed by atoms with E-state index in [-0.39, 0.29) is 13.0 Å². The molecule has 0 radical (unpaired) electrons. The molecule has 3 aromatic carbocycles. The zero-order valence-corrected chi connectivity index (χ0v) is 17.9. The molecule has 1 fully saturated rings. The predicted octanol–water partition coefficient (Wildman–Crippen LogP) is 4.20. The highest BCUT2D eigenvalue weighted by atomic mass is 19.1. The van der Waals surface area contributed by atoms with Crippen LogP contribution in [-0.4, -0.2) is 35.9 Å². The summed E-state index contributed by atoms with van der Waals surface area (Å²) in [6, 6.07) is 19.5. The fourth-order valence-electron chi connectivity index (χ4n) is 3.72. The van der Waals surface area contributed by atoms with Crippen LogP contribution in [0.4, 0.5) is 20.6 Å². The molecule has 3 aromatic rings. The summed E-state index contributed by atoms with van der Waals surface area (Å²) in [5.41, 5.74) is 1.47. The number of nitrogens with one attached hydrogen (secondary N) is 1. The van der Waals surface area contributed by atoms with Crippen molar-refractivity contribution >= 4 is 29.2 Å². The maximum Gasteiger partial charge on any atom is 0.332 e. The second-order valence-corrected chi connectivity index (χ2v) is 7.55. The molecule has 33 heavy (non-hydrogen) atoms. The van der Waals surface area contributed by atoms with Crippen LogP contribution in [-0.2, 0) is 16.1 Å². The lowest BCUT2D eigenvalue weighted by Gasteiger charge is -2.21. The molecule has 0 spiro atoms. The Bertz CT molecular complexity index is 1170. The van der Waals surface area contributed by atoms with Crippen molar-refractivity contribution in [3.8, 4) is 5.75 Å². The van der Waals surface area contributed by atoms with Crippen molar-refractivity contribution in [2.45, 2.75) is 19.0 Å². The zero-order chi connectivity index (χ0) is 23.4. The first-order chi connectivity index (χ1) is 16.0. The molecule has 1 aliphatic heterocycles. The fourth-order valence-corrected chi connectivity index (χ4v) is 3.72. The SMILES string of the molecule is COc1ccc(NC(=O)C[C@@H]2C(=O)N(c3ccccc3)C(=O)N2Cc2cccc(F)c2)cc1. The van der Waals surface area contributed by atoms with E-state index < -0.39 is 29.7 Å². The minimum absolute atomic E-state index is 0.00779. The lowest BCUT2D eigenvalue weighted by molar-refractivity contribution is -0.124. The molecule has 1 N–H and O–H groups in total. The number of hydrogen-bond acceptors (Lipinski definition) is 4. The van der Waals surface area contributed by atoms with Gasteiger partial charge in [0, 0.05) is 12.2 Å². The number of ether oxygens (including phenoxy) is 1. The minimum atomic E-state index is -1.03. The maximum atomic E-state index is 13.7. The van der Waals surface area contributed by atoms with Gasteiger partial charge < -0.3 is 15.0 Å². The van der Waals surface area contributed by atoms with E-state index in [9.17, 15) is 18.8 Å². The largest absolute Gasteiger partial charge is 0.497 e. The number of anilines is 2. The standard InChI is InChI=1S/C25H22FN3O4/c1-33-21-12-10-19(11-13-21)27-23(30)15-22-24(31)29(20-8-3-2-4-9-20)25(32)28(22)16-17-6-5-7-18(26)14-17/h2-14,22H,15-16H2,1H3,(H,27,30)/t22-/m1/s1. The number of carbonyl (C=O) groups is 3. The van der Waals surface area contributed by atoms with Crippen LogP contribution < -0.4 is 15.0 Å². The zero-order valence-electron chi connectivity index (χ0n) is 17.9. The van der Waals surface area contributed by atoms with Crippen LogP contribution >= 0.6 is 0 Å². The quantitative estimate of drug-likeness (QED) is 0.551. The van der Waals surface area contributed by atoms with Gasteiger partial charge in [0.1, 0.15) is 17.6 Å². The molecule has 0 unspecified atom stereocenters. The van der Waals surface area contributed by atoms with Crippen molar-refractivity contribution in [1.82, 2.24) is 4.90 Å². The molecule has 0 aliphatic carbocycles. The molecule has 0 bridgehead atoms. The third-order valence-electron chi connectivity index (χ3n) is 5.33. The van der Waals surface area contributed by atoms with Crippen LogP contribution in [0.2, 0.25) is 0 Å². The van der Waals surface area contributed by atoms with Crippen molar-refractivity contribution in [1.29, 1.82) is 0 Å². The van der Waals surface area contributed by atoms with Crippen LogP contribution in [0.15, 0.2) is 78.9 Å². The number of urea groups is 1. The Morgan fingerprint density at radius 2 is 1.73 bits per heavy atom. The lowest BCUT2D eigenvalue weighted by atomic mass is 10.1. The molecule has 1 heterocycles. The summed E-state index contributed by atoms with van der Waals surface area (Å²) < 4.78 is 18.8. The molecule has 1 atom stereocenters. The van der Waals surface area contributed by atoms with Crippen LogP contribution in [0.3, 0.4) is 0 Å². The molecular formula is C25H22FN3O4. The topological polar surface area (TPSA) is 79.0 Å². The molecule has 1 saturated heterocycles. The van der Waals surface area contributed by atoms with E-state index in [0.29, 0.717) is 22.7 Å². The van der Waals surface area contributed by atoms with Crippen molar-refractivity contribution < 1.29 is 23.5 Å². The third-order valence-corrected chi connectivity index (χ3v) is 5.33. The Hall–Kier alpha value is -4.20. The Morgan fingerprint density at radius 3 is 2.39 bits per heavy atom. The van der Waals surface area contributed by atoms with Gasteiger partial charge in [-0.05, 0) is 54.1 Å². The van der Waals surface area contributed by atoms with E-state index in [4.69, 9.17) is 4.74 Å². The maximum absolute atomic E-state index is 13.7. The van der Waals surface area contributed by atoms with Crippen molar-refractivity contribution in [3.05, 3.63) is 90.2 Å². The summed E-state index contributed by atoms with van der Waals surface area (Å²) in [5.74, 6) is -0.735. The summed E-state index contributed by atoms with van der Waals surface area (Å²) in [5, 5.41) is 2.74. The van der Waals surface area contributed by atoms with Gasteiger partial charge in [-0.1, -0.05) is 30.3 Å². The monoisotopic (exact) mass is 447 g/mol. The summed E-state index contributed by atoms with van der Waals surface area (Å²) in [6.07, 6.45) is -0.241. The smallest absolute Gasteiger partial charge is 0.332 e. The summed E-state index contributed by atoms with van der Waals surface area (Å²) in [7, 11) is 1.54. The van der Waals surface area contributed by atoms with Crippen LogP contribution in [0, 0.1) is 5.82 Å². The number of hydrogen-bond donors (Lipinski definition) is 1. The Labute approximate surface area is 190 Å². The number of rotatable bonds is 7. The molecule has 0 saturated carbocycles. The highest BCUT2D eigenvalue weighted by Crippen LogP contribution is 2.28. The third kappa shape index (κ3) is 4.85. The first-order valence-electron chi connectivity index (χ1n) is 10.3. The first kappa shape index (κ1) is 22.0. The van der Waals surface area contributed by atoms with Gasteiger partial charge in [0.25, 0.3) is 5.91 Å². The van der Waals surface area contributed by atoms with Gasteiger partial charge >= 0.3 is 6.03 Å². The molecule has 8 heteroatoms. The number of methoxy groups -OCH3 is 1. The van der Waals surface area contributed by atoms with Crippen molar-refractivity contribution in [3.63, 3.8) is 0 Å². The number of halogens is 1. The molecule has 0 aromatic heterocycles. The average molecular weight is 447 g/mol. The van der Waals surface area contributed by atoms with Gasteiger partial charge in [-0.2, -0.15) is 0 Å². The Morgan fingerprint density at radius 1 is 1.00 bits per heavy atom. The summed E-state index contributed by atoms with van der Waals surface area (Å²) in [6.45, 7) is -0.00779. The van der Waals surface area contributed by atoms with Gasteiger partial charge in [0.2, 0.25) is 5.91 Å². The van der Waals surface area contributed by atoms with Crippen molar-refractivity contribution in [2.75, 3.05) is 17.3 Å². The van der Waals surface area contributed by atoms with Gasteiger partial charge in [0.15, 0.2) is 0 Å². The number of amides is 4. The Kier molecular flexibility index (Phi) is 6.35. The van der Waals surface area contributed by atoms with E-state index >= 15 is 0 Å². The number of nitrogens with zero attached hydrogens (tertiary/aromatic N) is 2. The molecular weight excluding hydrogens is 425 g/mol. The number of imide groups is 1. The van der Waals surface area contributed by atoms with Crippen LogP contribution in [0.25, 0.3) is 0 Å². The second kappa shape index (κ2) is 9.52. The van der Waals surface area contributed by atoms with Crippen molar-refractivity contribution in [2.24, 2.45) is 0 Å². The van der Waals surface area contributed by atoms with Gasteiger partial charge in [-0.15, -0.1) is 0 Å². The normalized spacial score (nSPS) is 15.6. The first-order valence-corrected chi connectivity index (χ1v) is 10.3. The molecule has 7 nitrogen and oxygen atoms in total. The Balaban J connectivity index is 1.58. The molecule has 168 valence electrons. The van der Waals surface area contributed by atoms with Gasteiger partial charge in [-0.25, -0.2) is 14.1 Å². The van der Waals surface area contributed by atoms with E-state index in [1.165, 1.54) is 23.1 Å². The van der Waals surface area contributed by atoms with E-state index in [0.717, 1.165) is 4.90 Å².